The summed E-state index contributed by atoms with van der Waals surface area (Å²) in [6.45, 7) is 0.840. The number of para-hydroxylation sites is 1. The molecule has 1 atom stereocenters. The number of benzene rings is 2. The molecule has 0 amide bonds. The van der Waals surface area contributed by atoms with Crippen molar-refractivity contribution in [1.29, 1.82) is 0 Å². The lowest BCUT2D eigenvalue weighted by Crippen LogP contribution is -2.39. The van der Waals surface area contributed by atoms with Crippen LogP contribution in [0.3, 0.4) is 0 Å². The van der Waals surface area contributed by atoms with Crippen molar-refractivity contribution in [2.24, 2.45) is 10.7 Å². The van der Waals surface area contributed by atoms with Gasteiger partial charge in [0.1, 0.15) is 11.3 Å². The summed E-state index contributed by atoms with van der Waals surface area (Å²) in [7, 11) is 0. The van der Waals surface area contributed by atoms with Gasteiger partial charge in [-0.15, -0.1) is 0 Å². The average molecular weight is 317 g/mol. The zero-order chi connectivity index (χ0) is 16.1. The Bertz CT molecular complexity index is 939. The molecule has 0 radical (unpaired) electrons. The van der Waals surface area contributed by atoms with Crippen molar-refractivity contribution in [1.82, 2.24) is 5.32 Å². The maximum Gasteiger partial charge on any atom is 0.189 e. The molecule has 1 aliphatic carbocycles. The van der Waals surface area contributed by atoms with E-state index in [9.17, 15) is 0 Å². The second kappa shape index (κ2) is 4.87. The van der Waals surface area contributed by atoms with Gasteiger partial charge in [-0.25, -0.2) is 4.99 Å². The van der Waals surface area contributed by atoms with E-state index in [4.69, 9.17) is 10.2 Å². The molecule has 2 heterocycles. The van der Waals surface area contributed by atoms with Gasteiger partial charge in [0, 0.05) is 17.5 Å². The number of nitrogens with one attached hydrogen (secondary N) is 1. The van der Waals surface area contributed by atoms with Crippen molar-refractivity contribution in [3.8, 4) is 11.3 Å². The number of nitrogens with two attached hydrogens (primary N) is 1. The molecule has 4 nitrogen and oxygen atoms in total. The van der Waals surface area contributed by atoms with E-state index in [1.807, 2.05) is 18.2 Å². The molecule has 1 aliphatic heterocycles. The van der Waals surface area contributed by atoms with Crippen LogP contribution in [0.25, 0.3) is 22.3 Å². The molecule has 0 bridgehead atoms. The number of hydrogen-bond donors (Lipinski definition) is 2. The van der Waals surface area contributed by atoms with Crippen LogP contribution in [0.1, 0.15) is 17.5 Å². The van der Waals surface area contributed by atoms with Gasteiger partial charge in [-0.1, -0.05) is 36.4 Å². The van der Waals surface area contributed by atoms with E-state index in [2.05, 4.69) is 40.6 Å². The zero-order valence-electron chi connectivity index (χ0n) is 13.4. The van der Waals surface area contributed by atoms with Gasteiger partial charge in [-0.2, -0.15) is 0 Å². The highest BCUT2D eigenvalue weighted by atomic mass is 16.3. The van der Waals surface area contributed by atoms with Crippen molar-refractivity contribution in [3.63, 3.8) is 0 Å². The van der Waals surface area contributed by atoms with Crippen LogP contribution in [0.4, 0.5) is 0 Å². The highest BCUT2D eigenvalue weighted by molar-refractivity contribution is 5.84. The molecule has 1 aromatic heterocycles. The summed E-state index contributed by atoms with van der Waals surface area (Å²) in [4.78, 5) is 4.68. The van der Waals surface area contributed by atoms with E-state index >= 15 is 0 Å². The van der Waals surface area contributed by atoms with Crippen LogP contribution < -0.4 is 11.1 Å². The molecule has 3 N–H and O–H groups in total. The molecule has 2 aliphatic rings. The third-order valence-electron chi connectivity index (χ3n) is 5.28. The third kappa shape index (κ3) is 2.03. The standard InChI is InChI=1S/C20H19N3O/c21-19-22-12-20(23-19)9-8-15-14(11-20)5-3-6-16(15)18-10-13-4-1-2-7-17(13)24-18/h1-7,10H,8-9,11-12H2,(H3,21,22,23)/t20-/m0/s1. The molecule has 3 aromatic rings. The first-order chi connectivity index (χ1) is 11.7. The summed E-state index contributed by atoms with van der Waals surface area (Å²) in [5, 5.41) is 4.33. The molecule has 4 heteroatoms. The number of nitrogens with zero attached hydrogens (tertiary/aromatic N) is 1. The molecular weight excluding hydrogens is 298 g/mol. The number of rotatable bonds is 1. The van der Waals surface area contributed by atoms with Gasteiger partial charge in [0.15, 0.2) is 5.96 Å². The lowest BCUT2D eigenvalue weighted by molar-refractivity contribution is 0.394. The van der Waals surface area contributed by atoms with E-state index in [1.165, 1.54) is 16.7 Å². The highest BCUT2D eigenvalue weighted by Gasteiger charge is 2.38. The Balaban J connectivity index is 1.59. The van der Waals surface area contributed by atoms with Crippen molar-refractivity contribution in [2.75, 3.05) is 6.54 Å². The Hall–Kier alpha value is -2.75. The Labute approximate surface area is 140 Å². The second-order valence-corrected chi connectivity index (χ2v) is 6.84. The number of aliphatic imine (C=N–C) groups is 1. The molecule has 1 spiro atoms. The summed E-state index contributed by atoms with van der Waals surface area (Å²) in [5.74, 6) is 1.53. The average Bonchev–Trinajstić information content (AvgIpc) is 3.18. The van der Waals surface area contributed by atoms with Gasteiger partial charge in [0.25, 0.3) is 0 Å². The lowest BCUT2D eigenvalue weighted by atomic mass is 9.77. The van der Waals surface area contributed by atoms with Crippen molar-refractivity contribution >= 4 is 16.9 Å². The van der Waals surface area contributed by atoms with Crippen molar-refractivity contribution in [3.05, 3.63) is 59.7 Å². The lowest BCUT2D eigenvalue weighted by Gasteiger charge is -2.32. The van der Waals surface area contributed by atoms with Gasteiger partial charge < -0.3 is 15.5 Å². The van der Waals surface area contributed by atoms with Crippen molar-refractivity contribution < 1.29 is 4.42 Å². The minimum absolute atomic E-state index is 0.0659. The summed E-state index contributed by atoms with van der Waals surface area (Å²) in [5.41, 5.74) is 10.7. The fourth-order valence-electron chi connectivity index (χ4n) is 4.08. The first kappa shape index (κ1) is 13.7. The fraction of sp³-hybridized carbons (Fsp3) is 0.250. The Morgan fingerprint density at radius 2 is 2.04 bits per heavy atom. The first-order valence-electron chi connectivity index (χ1n) is 8.41. The van der Waals surface area contributed by atoms with E-state index in [-0.39, 0.29) is 5.54 Å². The minimum Gasteiger partial charge on any atom is -0.456 e. The largest absolute Gasteiger partial charge is 0.456 e. The SMILES string of the molecule is NC1=N[C@]2(CCc3c(cccc3-c3cc4ccccc4o3)C2)CN1. The van der Waals surface area contributed by atoms with Crippen LogP contribution in [0.2, 0.25) is 0 Å². The Kier molecular flexibility index (Phi) is 2.77. The van der Waals surface area contributed by atoms with Gasteiger partial charge in [0.2, 0.25) is 0 Å². The quantitative estimate of drug-likeness (QED) is 0.724. The van der Waals surface area contributed by atoms with Gasteiger partial charge >= 0.3 is 0 Å². The number of furan rings is 1. The van der Waals surface area contributed by atoms with E-state index in [0.717, 1.165) is 42.5 Å². The molecule has 0 fully saturated rings. The summed E-state index contributed by atoms with van der Waals surface area (Å²) < 4.78 is 6.09. The summed E-state index contributed by atoms with van der Waals surface area (Å²) >= 11 is 0. The van der Waals surface area contributed by atoms with E-state index < -0.39 is 0 Å². The molecule has 5 rings (SSSR count). The number of guanidine groups is 1. The number of hydrogen-bond acceptors (Lipinski definition) is 4. The normalized spacial score (nSPS) is 22.4. The predicted octanol–water partition coefficient (Wildman–Crippen LogP) is 3.25. The molecule has 24 heavy (non-hydrogen) atoms. The zero-order valence-corrected chi connectivity index (χ0v) is 13.4. The van der Waals surface area contributed by atoms with Gasteiger partial charge in [-0.05, 0) is 42.5 Å². The van der Waals surface area contributed by atoms with Crippen LogP contribution >= 0.6 is 0 Å². The van der Waals surface area contributed by atoms with Crippen LogP contribution in [0.15, 0.2) is 57.9 Å². The monoisotopic (exact) mass is 317 g/mol. The first-order valence-corrected chi connectivity index (χ1v) is 8.41. The maximum absolute atomic E-state index is 6.09. The number of fused-ring (bicyclic) bond motifs is 2. The molecule has 0 unspecified atom stereocenters. The molecular formula is C20H19N3O. The topological polar surface area (TPSA) is 63.5 Å². The minimum atomic E-state index is -0.0659. The van der Waals surface area contributed by atoms with Crippen LogP contribution in [-0.4, -0.2) is 18.0 Å². The third-order valence-corrected chi connectivity index (χ3v) is 5.28. The summed E-state index contributed by atoms with van der Waals surface area (Å²) in [6, 6.07) is 16.8. The Morgan fingerprint density at radius 3 is 2.88 bits per heavy atom. The fourth-order valence-corrected chi connectivity index (χ4v) is 4.08. The maximum atomic E-state index is 6.09. The molecule has 120 valence electrons. The van der Waals surface area contributed by atoms with Gasteiger partial charge in [-0.3, -0.25) is 0 Å². The van der Waals surface area contributed by atoms with Crippen LogP contribution in [0, 0.1) is 0 Å². The Morgan fingerprint density at radius 1 is 1.12 bits per heavy atom. The van der Waals surface area contributed by atoms with Crippen LogP contribution in [-0.2, 0) is 12.8 Å². The highest BCUT2D eigenvalue weighted by Crippen LogP contribution is 2.39. The van der Waals surface area contributed by atoms with E-state index in [0.29, 0.717) is 5.96 Å². The van der Waals surface area contributed by atoms with Crippen LogP contribution in [0.5, 0.6) is 0 Å². The predicted molar refractivity (Wildman–Crippen MR) is 96.0 cm³/mol. The second-order valence-electron chi connectivity index (χ2n) is 6.84. The van der Waals surface area contributed by atoms with Gasteiger partial charge in [0.05, 0.1) is 5.54 Å². The molecule has 2 aromatic carbocycles. The van der Waals surface area contributed by atoms with E-state index in [1.54, 1.807) is 0 Å². The summed E-state index contributed by atoms with van der Waals surface area (Å²) in [6.07, 6.45) is 2.95. The molecule has 0 saturated carbocycles. The smallest absolute Gasteiger partial charge is 0.189 e. The molecule has 0 saturated heterocycles. The van der Waals surface area contributed by atoms with Crippen molar-refractivity contribution in [2.45, 2.75) is 24.8 Å².